The van der Waals surface area contributed by atoms with Gasteiger partial charge in [-0.1, -0.05) is 68.5 Å². The second-order valence-corrected chi connectivity index (χ2v) is 6.55. The molecular weight excluding hydrogens is 338 g/mol. The van der Waals surface area contributed by atoms with Crippen LogP contribution in [0.5, 0.6) is 0 Å². The lowest BCUT2D eigenvalue weighted by Gasteiger charge is -2.18. The first-order valence-corrected chi connectivity index (χ1v) is 8.97. The highest BCUT2D eigenvalue weighted by Crippen LogP contribution is 2.07. The van der Waals surface area contributed by atoms with Crippen LogP contribution in [0.25, 0.3) is 6.08 Å². The molecule has 2 aromatic carbocycles. The summed E-state index contributed by atoms with van der Waals surface area (Å²) in [6.07, 6.45) is 5.67. The van der Waals surface area contributed by atoms with E-state index in [2.05, 4.69) is 15.8 Å². The first-order chi connectivity index (χ1) is 13.1. The lowest BCUT2D eigenvalue weighted by molar-refractivity contribution is -0.123. The Morgan fingerprint density at radius 2 is 1.63 bits per heavy atom. The number of carbonyl (C=O) groups is 2. The lowest BCUT2D eigenvalue weighted by Crippen LogP contribution is -2.46. The van der Waals surface area contributed by atoms with Crippen LogP contribution in [-0.4, -0.2) is 24.1 Å². The number of rotatable bonds is 8. The number of allylic oxidation sites excluding steroid dienone is 1. The van der Waals surface area contributed by atoms with E-state index in [9.17, 15) is 9.59 Å². The Hall–Kier alpha value is -3.21. The minimum atomic E-state index is -0.645. The molecule has 2 aromatic rings. The third kappa shape index (κ3) is 7.28. The second kappa shape index (κ2) is 10.7. The third-order valence-corrected chi connectivity index (χ3v) is 3.79. The zero-order chi connectivity index (χ0) is 19.5. The highest BCUT2D eigenvalue weighted by Gasteiger charge is 2.22. The Balaban J connectivity index is 1.92. The van der Waals surface area contributed by atoms with Crippen molar-refractivity contribution in [2.24, 2.45) is 11.0 Å². The highest BCUT2D eigenvalue weighted by molar-refractivity contribution is 5.97. The number of carbonyl (C=O) groups excluding carboxylic acids is 2. The summed E-state index contributed by atoms with van der Waals surface area (Å²) in [6.45, 7) is 4.00. The number of nitrogens with one attached hydrogen (secondary N) is 2. The van der Waals surface area contributed by atoms with E-state index in [-0.39, 0.29) is 17.7 Å². The van der Waals surface area contributed by atoms with Crippen molar-refractivity contribution in [3.63, 3.8) is 0 Å². The predicted octanol–water partition coefficient (Wildman–Crippen LogP) is 3.65. The first kappa shape index (κ1) is 20.1. The van der Waals surface area contributed by atoms with E-state index in [1.807, 2.05) is 56.3 Å². The van der Waals surface area contributed by atoms with Crippen molar-refractivity contribution in [1.29, 1.82) is 0 Å². The summed E-state index contributed by atoms with van der Waals surface area (Å²) in [4.78, 5) is 24.7. The van der Waals surface area contributed by atoms with Crippen LogP contribution in [0.2, 0.25) is 0 Å². The average Bonchev–Trinajstić information content (AvgIpc) is 2.68. The number of amides is 2. The lowest BCUT2D eigenvalue weighted by atomic mass is 10.0. The molecule has 0 aromatic heterocycles. The Kier molecular flexibility index (Phi) is 7.97. The van der Waals surface area contributed by atoms with Gasteiger partial charge in [0.25, 0.3) is 11.8 Å². The third-order valence-electron chi connectivity index (χ3n) is 3.79. The Morgan fingerprint density at radius 3 is 2.26 bits per heavy atom. The highest BCUT2D eigenvalue weighted by atomic mass is 16.2. The van der Waals surface area contributed by atoms with Crippen LogP contribution in [0.1, 0.15) is 36.2 Å². The molecule has 0 saturated heterocycles. The van der Waals surface area contributed by atoms with Crippen LogP contribution in [-0.2, 0) is 4.79 Å². The van der Waals surface area contributed by atoms with Crippen LogP contribution in [0.15, 0.2) is 71.8 Å². The van der Waals surface area contributed by atoms with Gasteiger partial charge in [-0.2, -0.15) is 5.10 Å². The number of nitrogens with zero attached hydrogens (tertiary/aromatic N) is 1. The normalized spacial score (nSPS) is 12.4. The standard InChI is InChI=1S/C22H25N3O2/c1-17(2)16-20(24-21(26)19-13-7-4-8-14-19)22(27)25-23-15-9-12-18-10-5-3-6-11-18/h3-15,17,20H,16H2,1-2H3,(H,24,26)(H,25,27)/b12-9-,23-15+. The molecule has 0 spiro atoms. The molecule has 140 valence electrons. The summed E-state index contributed by atoms with van der Waals surface area (Å²) in [7, 11) is 0. The minimum Gasteiger partial charge on any atom is -0.340 e. The summed E-state index contributed by atoms with van der Waals surface area (Å²) in [5.74, 6) is -0.361. The number of hydrogen-bond donors (Lipinski definition) is 2. The Labute approximate surface area is 160 Å². The van der Waals surface area contributed by atoms with Crippen LogP contribution >= 0.6 is 0 Å². The summed E-state index contributed by atoms with van der Waals surface area (Å²) in [6, 6.07) is 18.0. The average molecular weight is 363 g/mol. The summed E-state index contributed by atoms with van der Waals surface area (Å²) >= 11 is 0. The van der Waals surface area contributed by atoms with Gasteiger partial charge in [0.15, 0.2) is 0 Å². The van der Waals surface area contributed by atoms with Gasteiger partial charge < -0.3 is 5.32 Å². The van der Waals surface area contributed by atoms with Gasteiger partial charge >= 0.3 is 0 Å². The topological polar surface area (TPSA) is 70.6 Å². The minimum absolute atomic E-state index is 0.249. The Bertz CT molecular complexity index is 784. The molecule has 2 rings (SSSR count). The van der Waals surface area contributed by atoms with Crippen molar-refractivity contribution in [1.82, 2.24) is 10.7 Å². The first-order valence-electron chi connectivity index (χ1n) is 8.97. The largest absolute Gasteiger partial charge is 0.340 e. The van der Waals surface area contributed by atoms with Crippen molar-refractivity contribution in [3.8, 4) is 0 Å². The quantitative estimate of drug-likeness (QED) is 0.555. The molecule has 0 aliphatic heterocycles. The van der Waals surface area contributed by atoms with E-state index in [0.29, 0.717) is 12.0 Å². The van der Waals surface area contributed by atoms with Gasteiger partial charge in [-0.05, 0) is 36.1 Å². The van der Waals surface area contributed by atoms with E-state index in [1.165, 1.54) is 6.21 Å². The molecule has 0 radical (unpaired) electrons. The van der Waals surface area contributed by atoms with E-state index in [4.69, 9.17) is 0 Å². The van der Waals surface area contributed by atoms with Crippen LogP contribution in [0.4, 0.5) is 0 Å². The van der Waals surface area contributed by atoms with E-state index < -0.39 is 6.04 Å². The van der Waals surface area contributed by atoms with Crippen LogP contribution in [0, 0.1) is 5.92 Å². The number of hydrazone groups is 1. The molecule has 2 amide bonds. The second-order valence-electron chi connectivity index (χ2n) is 6.55. The summed E-state index contributed by atoms with van der Waals surface area (Å²) < 4.78 is 0. The number of hydrogen-bond acceptors (Lipinski definition) is 3. The Morgan fingerprint density at radius 1 is 1.00 bits per heavy atom. The fourth-order valence-corrected chi connectivity index (χ4v) is 2.47. The van der Waals surface area contributed by atoms with Gasteiger partial charge in [0, 0.05) is 11.8 Å². The van der Waals surface area contributed by atoms with E-state index in [1.54, 1.807) is 30.3 Å². The molecule has 27 heavy (non-hydrogen) atoms. The van der Waals surface area contributed by atoms with Crippen molar-refractivity contribution < 1.29 is 9.59 Å². The fraction of sp³-hybridized carbons (Fsp3) is 0.227. The van der Waals surface area contributed by atoms with Crippen LogP contribution in [0.3, 0.4) is 0 Å². The van der Waals surface area contributed by atoms with Gasteiger partial charge in [0.2, 0.25) is 0 Å². The molecule has 1 unspecified atom stereocenters. The fourth-order valence-electron chi connectivity index (χ4n) is 2.47. The van der Waals surface area contributed by atoms with Crippen molar-refractivity contribution in [2.75, 3.05) is 0 Å². The molecule has 0 saturated carbocycles. The van der Waals surface area contributed by atoms with E-state index in [0.717, 1.165) is 5.56 Å². The molecular formula is C22H25N3O2. The summed E-state index contributed by atoms with van der Waals surface area (Å²) in [5, 5.41) is 6.72. The van der Waals surface area contributed by atoms with Crippen molar-refractivity contribution >= 4 is 24.1 Å². The maximum atomic E-state index is 12.4. The van der Waals surface area contributed by atoms with Gasteiger partial charge in [-0.3, -0.25) is 9.59 Å². The van der Waals surface area contributed by atoms with Gasteiger partial charge in [0.05, 0.1) is 0 Å². The monoisotopic (exact) mass is 363 g/mol. The number of benzene rings is 2. The molecule has 0 aliphatic rings. The molecule has 5 nitrogen and oxygen atoms in total. The van der Waals surface area contributed by atoms with Gasteiger partial charge in [0.1, 0.15) is 6.04 Å². The van der Waals surface area contributed by atoms with Gasteiger partial charge in [-0.15, -0.1) is 0 Å². The zero-order valence-electron chi connectivity index (χ0n) is 15.6. The van der Waals surface area contributed by atoms with Crippen LogP contribution < -0.4 is 10.7 Å². The smallest absolute Gasteiger partial charge is 0.262 e. The van der Waals surface area contributed by atoms with Crippen molar-refractivity contribution in [2.45, 2.75) is 26.3 Å². The zero-order valence-corrected chi connectivity index (χ0v) is 15.6. The molecule has 0 aliphatic carbocycles. The maximum Gasteiger partial charge on any atom is 0.262 e. The molecule has 0 fully saturated rings. The molecule has 2 N–H and O–H groups in total. The SMILES string of the molecule is CC(C)CC(NC(=O)c1ccccc1)C(=O)N/N=C/C=C\c1ccccc1. The molecule has 1 atom stereocenters. The predicted molar refractivity (Wildman–Crippen MR) is 109 cm³/mol. The molecule has 0 bridgehead atoms. The van der Waals surface area contributed by atoms with Gasteiger partial charge in [-0.25, -0.2) is 5.43 Å². The molecule has 5 heteroatoms. The summed E-state index contributed by atoms with van der Waals surface area (Å²) in [5.41, 5.74) is 4.06. The van der Waals surface area contributed by atoms with E-state index >= 15 is 0 Å². The van der Waals surface area contributed by atoms with Crippen molar-refractivity contribution in [3.05, 3.63) is 77.9 Å². The maximum absolute atomic E-state index is 12.4. The molecule has 0 heterocycles.